The highest BCUT2D eigenvalue weighted by atomic mass is 19.3. The van der Waals surface area contributed by atoms with E-state index in [0.717, 1.165) is 10.9 Å². The van der Waals surface area contributed by atoms with Gasteiger partial charge in [0.05, 0.1) is 12.2 Å². The summed E-state index contributed by atoms with van der Waals surface area (Å²) in [5.41, 5.74) is 1.37. The van der Waals surface area contributed by atoms with Crippen LogP contribution in [0.15, 0.2) is 30.5 Å². The number of benzene rings is 1. The van der Waals surface area contributed by atoms with Crippen LogP contribution in [0.25, 0.3) is 10.9 Å². The van der Waals surface area contributed by atoms with Crippen LogP contribution in [0.2, 0.25) is 0 Å². The van der Waals surface area contributed by atoms with Crippen molar-refractivity contribution in [3.63, 3.8) is 0 Å². The standard InChI is InChI=1S/C17H21F2N3O2/c1-24-9-8-21-11-13(12-4-2-3-5-14(12)21)17(23)22-7-6-20-10-15(22)16(18)19/h2-5,11,15-16,20H,6-10H2,1H3. The largest absolute Gasteiger partial charge is 0.383 e. The molecule has 1 N–H and O–H groups in total. The molecule has 2 aromatic rings. The number of carbonyl (C=O) groups is 1. The van der Waals surface area contributed by atoms with Crippen molar-refractivity contribution in [1.82, 2.24) is 14.8 Å². The first kappa shape index (κ1) is 16.9. The Morgan fingerprint density at radius 2 is 2.21 bits per heavy atom. The van der Waals surface area contributed by atoms with Crippen LogP contribution in [0.4, 0.5) is 8.78 Å². The zero-order valence-electron chi connectivity index (χ0n) is 13.5. The van der Waals surface area contributed by atoms with Crippen molar-refractivity contribution < 1.29 is 18.3 Å². The van der Waals surface area contributed by atoms with Crippen molar-refractivity contribution in [1.29, 1.82) is 0 Å². The number of para-hydroxylation sites is 1. The number of nitrogens with zero attached hydrogens (tertiary/aromatic N) is 2. The van der Waals surface area contributed by atoms with Crippen LogP contribution >= 0.6 is 0 Å². The Morgan fingerprint density at radius 3 is 2.96 bits per heavy atom. The van der Waals surface area contributed by atoms with E-state index in [1.54, 1.807) is 13.3 Å². The first-order chi connectivity index (χ1) is 11.6. The summed E-state index contributed by atoms with van der Waals surface area (Å²) in [6.45, 7) is 2.04. The molecule has 1 aliphatic heterocycles. The van der Waals surface area contributed by atoms with E-state index in [9.17, 15) is 13.6 Å². The van der Waals surface area contributed by atoms with E-state index in [0.29, 0.717) is 25.3 Å². The molecule has 1 atom stereocenters. The molecule has 1 aromatic carbocycles. The second-order valence-electron chi connectivity index (χ2n) is 5.85. The van der Waals surface area contributed by atoms with Crippen molar-refractivity contribution >= 4 is 16.8 Å². The molecular formula is C17H21F2N3O2. The van der Waals surface area contributed by atoms with Crippen molar-refractivity contribution in [2.75, 3.05) is 33.4 Å². The number of fused-ring (bicyclic) bond motifs is 1. The number of nitrogens with one attached hydrogen (secondary N) is 1. The molecule has 0 spiro atoms. The van der Waals surface area contributed by atoms with Gasteiger partial charge in [0.2, 0.25) is 0 Å². The number of hydrogen-bond donors (Lipinski definition) is 1. The number of amides is 1. The molecule has 1 saturated heterocycles. The maximum atomic E-state index is 13.3. The lowest BCUT2D eigenvalue weighted by atomic mass is 10.1. The molecule has 0 aliphatic carbocycles. The van der Waals surface area contributed by atoms with Crippen molar-refractivity contribution in [3.05, 3.63) is 36.0 Å². The Balaban J connectivity index is 1.97. The number of ether oxygens (including phenoxy) is 1. The topological polar surface area (TPSA) is 46.5 Å². The minimum absolute atomic E-state index is 0.117. The van der Waals surface area contributed by atoms with Crippen LogP contribution in [-0.2, 0) is 11.3 Å². The Hall–Kier alpha value is -1.99. The predicted octanol–water partition coefficient (Wildman–Crippen LogP) is 1.97. The molecule has 0 saturated carbocycles. The molecule has 0 radical (unpaired) electrons. The van der Waals surface area contributed by atoms with Crippen LogP contribution in [0, 0.1) is 0 Å². The van der Waals surface area contributed by atoms with Gasteiger partial charge in [0.25, 0.3) is 12.3 Å². The maximum Gasteiger partial charge on any atom is 0.259 e. The van der Waals surface area contributed by atoms with Crippen LogP contribution < -0.4 is 5.32 Å². The summed E-state index contributed by atoms with van der Waals surface area (Å²) in [6, 6.07) is 6.43. The quantitative estimate of drug-likeness (QED) is 0.907. The average molecular weight is 337 g/mol. The maximum absolute atomic E-state index is 13.3. The summed E-state index contributed by atoms with van der Waals surface area (Å²) in [5, 5.41) is 3.71. The lowest BCUT2D eigenvalue weighted by molar-refractivity contribution is 0.0127. The third kappa shape index (κ3) is 3.14. The molecule has 5 nitrogen and oxygen atoms in total. The normalized spacial score (nSPS) is 18.5. The van der Waals surface area contributed by atoms with Gasteiger partial charge in [-0.2, -0.15) is 0 Å². The van der Waals surface area contributed by atoms with E-state index in [2.05, 4.69) is 5.32 Å². The molecule has 3 rings (SSSR count). The summed E-state index contributed by atoms with van der Waals surface area (Å²) in [7, 11) is 1.62. The molecule has 1 fully saturated rings. The summed E-state index contributed by atoms with van der Waals surface area (Å²) < 4.78 is 33.6. The number of halogens is 2. The van der Waals surface area contributed by atoms with E-state index in [-0.39, 0.29) is 19.0 Å². The van der Waals surface area contributed by atoms with Crippen molar-refractivity contribution in [2.24, 2.45) is 0 Å². The van der Waals surface area contributed by atoms with Gasteiger partial charge < -0.3 is 19.5 Å². The third-order valence-electron chi connectivity index (χ3n) is 4.39. The average Bonchev–Trinajstić information content (AvgIpc) is 2.98. The van der Waals surface area contributed by atoms with Crippen molar-refractivity contribution in [2.45, 2.75) is 19.0 Å². The van der Waals surface area contributed by atoms with Crippen LogP contribution in [0.1, 0.15) is 10.4 Å². The molecule has 1 aromatic heterocycles. The van der Waals surface area contributed by atoms with Gasteiger partial charge in [0, 0.05) is 50.4 Å². The number of hydrogen-bond acceptors (Lipinski definition) is 3. The minimum Gasteiger partial charge on any atom is -0.383 e. The molecule has 7 heteroatoms. The smallest absolute Gasteiger partial charge is 0.259 e. The second-order valence-corrected chi connectivity index (χ2v) is 5.85. The highest BCUT2D eigenvalue weighted by Crippen LogP contribution is 2.25. The van der Waals surface area contributed by atoms with Gasteiger partial charge in [-0.25, -0.2) is 8.78 Å². The van der Waals surface area contributed by atoms with Gasteiger partial charge in [-0.1, -0.05) is 18.2 Å². The second kappa shape index (κ2) is 7.27. The van der Waals surface area contributed by atoms with Crippen molar-refractivity contribution in [3.8, 4) is 0 Å². The fourth-order valence-electron chi connectivity index (χ4n) is 3.15. The van der Waals surface area contributed by atoms with Gasteiger partial charge in [-0.3, -0.25) is 4.79 Å². The number of methoxy groups -OCH3 is 1. The van der Waals surface area contributed by atoms with Gasteiger partial charge in [0.15, 0.2) is 0 Å². The first-order valence-corrected chi connectivity index (χ1v) is 8.00. The van der Waals surface area contributed by atoms with Gasteiger partial charge in [0.1, 0.15) is 6.04 Å². The van der Waals surface area contributed by atoms with Gasteiger partial charge >= 0.3 is 0 Å². The summed E-state index contributed by atoms with van der Waals surface area (Å²) >= 11 is 0. The van der Waals surface area contributed by atoms with Crippen LogP contribution in [-0.4, -0.2) is 61.2 Å². The zero-order chi connectivity index (χ0) is 17.1. The van der Waals surface area contributed by atoms with E-state index in [4.69, 9.17) is 4.74 Å². The van der Waals surface area contributed by atoms with E-state index in [1.165, 1.54) is 4.90 Å². The Kier molecular flexibility index (Phi) is 5.11. The summed E-state index contributed by atoms with van der Waals surface area (Å²) in [4.78, 5) is 14.2. The van der Waals surface area contributed by atoms with Gasteiger partial charge in [-0.05, 0) is 6.07 Å². The number of alkyl halides is 2. The molecule has 1 amide bonds. The highest BCUT2D eigenvalue weighted by Gasteiger charge is 2.34. The fourth-order valence-corrected chi connectivity index (χ4v) is 3.15. The van der Waals surface area contributed by atoms with E-state index >= 15 is 0 Å². The lowest BCUT2D eigenvalue weighted by Crippen LogP contribution is -2.56. The summed E-state index contributed by atoms with van der Waals surface area (Å²) in [5.74, 6) is -0.339. The number of piperazine rings is 1. The molecule has 24 heavy (non-hydrogen) atoms. The lowest BCUT2D eigenvalue weighted by Gasteiger charge is -2.35. The number of aromatic nitrogens is 1. The molecule has 130 valence electrons. The first-order valence-electron chi connectivity index (χ1n) is 8.00. The Bertz CT molecular complexity index is 717. The number of carbonyl (C=O) groups excluding carboxylic acids is 1. The fraction of sp³-hybridized carbons (Fsp3) is 0.471. The van der Waals surface area contributed by atoms with E-state index < -0.39 is 12.5 Å². The molecular weight excluding hydrogens is 316 g/mol. The van der Waals surface area contributed by atoms with Crippen LogP contribution in [0.5, 0.6) is 0 Å². The SMILES string of the molecule is COCCn1cc(C(=O)N2CCNCC2C(F)F)c2ccccc21. The monoisotopic (exact) mass is 337 g/mol. The molecule has 1 aliphatic rings. The Labute approximate surface area is 139 Å². The minimum atomic E-state index is -2.57. The summed E-state index contributed by atoms with van der Waals surface area (Å²) in [6.07, 6.45) is -0.820. The van der Waals surface area contributed by atoms with E-state index in [1.807, 2.05) is 28.8 Å². The van der Waals surface area contributed by atoms with Gasteiger partial charge in [-0.15, -0.1) is 0 Å². The zero-order valence-corrected chi connectivity index (χ0v) is 13.5. The predicted molar refractivity (Wildman–Crippen MR) is 87.5 cm³/mol. The molecule has 2 heterocycles. The third-order valence-corrected chi connectivity index (χ3v) is 4.39. The highest BCUT2D eigenvalue weighted by molar-refractivity contribution is 6.07. The molecule has 1 unspecified atom stereocenters. The number of rotatable bonds is 5. The Morgan fingerprint density at radius 1 is 1.42 bits per heavy atom. The molecule has 0 bridgehead atoms. The van der Waals surface area contributed by atoms with Crippen LogP contribution in [0.3, 0.4) is 0 Å².